The Balaban J connectivity index is 1.39. The van der Waals surface area contributed by atoms with Gasteiger partial charge in [0.2, 0.25) is 0 Å². The molecule has 2 N–H and O–H groups in total. The summed E-state index contributed by atoms with van der Waals surface area (Å²) in [6.07, 6.45) is 0. The lowest BCUT2D eigenvalue weighted by Gasteiger charge is -2.26. The van der Waals surface area contributed by atoms with E-state index in [1.807, 2.05) is 0 Å². The van der Waals surface area contributed by atoms with Crippen molar-refractivity contribution in [3.05, 3.63) is 63.0 Å². The fourth-order valence-electron chi connectivity index (χ4n) is 3.15. The van der Waals surface area contributed by atoms with Crippen LogP contribution in [0.2, 0.25) is 10.0 Å². The van der Waals surface area contributed by atoms with E-state index in [1.165, 1.54) is 11.3 Å². The normalized spacial score (nSPS) is 13.8. The monoisotopic (exact) mass is 493 g/mol. The van der Waals surface area contributed by atoms with Crippen molar-refractivity contribution in [2.24, 2.45) is 0 Å². The number of anilines is 1. The van der Waals surface area contributed by atoms with Crippen molar-refractivity contribution in [2.75, 3.05) is 31.6 Å². The molecule has 0 radical (unpaired) electrons. The van der Waals surface area contributed by atoms with Crippen molar-refractivity contribution >= 4 is 79.5 Å². The van der Waals surface area contributed by atoms with Gasteiger partial charge in [0.05, 0.1) is 18.2 Å². The second-order valence-electron chi connectivity index (χ2n) is 6.78. The van der Waals surface area contributed by atoms with Crippen LogP contribution in [0, 0.1) is 0 Å². The summed E-state index contributed by atoms with van der Waals surface area (Å²) < 4.78 is 6.10. The van der Waals surface area contributed by atoms with E-state index in [2.05, 4.69) is 10.6 Å². The number of thiophene rings is 1. The van der Waals surface area contributed by atoms with Gasteiger partial charge in [-0.3, -0.25) is 14.9 Å². The Labute approximate surface area is 198 Å². The maximum absolute atomic E-state index is 12.6. The number of carbonyl (C=O) groups excluding carboxylic acids is 2. The molecule has 2 heterocycles. The number of amides is 2. The summed E-state index contributed by atoms with van der Waals surface area (Å²) in [5.74, 6) is -0.441. The van der Waals surface area contributed by atoms with E-state index in [0.29, 0.717) is 52.5 Å². The van der Waals surface area contributed by atoms with E-state index in [0.717, 1.165) is 10.1 Å². The van der Waals surface area contributed by atoms with Gasteiger partial charge in [-0.1, -0.05) is 29.3 Å². The van der Waals surface area contributed by atoms with Gasteiger partial charge < -0.3 is 15.0 Å². The molecule has 160 valence electrons. The minimum atomic E-state index is -0.404. The van der Waals surface area contributed by atoms with Gasteiger partial charge in [-0.15, -0.1) is 11.3 Å². The molecule has 0 aliphatic carbocycles. The van der Waals surface area contributed by atoms with Crippen LogP contribution in [0.3, 0.4) is 0 Å². The second-order valence-corrected chi connectivity index (χ2v) is 9.05. The number of ether oxygens (including phenoxy) is 1. The molecule has 2 amide bonds. The maximum Gasteiger partial charge on any atom is 0.269 e. The van der Waals surface area contributed by atoms with Crippen LogP contribution in [0.5, 0.6) is 0 Å². The highest BCUT2D eigenvalue weighted by Gasteiger charge is 2.20. The molecule has 1 aliphatic heterocycles. The van der Waals surface area contributed by atoms with Crippen LogP contribution in [0.4, 0.5) is 5.69 Å². The summed E-state index contributed by atoms with van der Waals surface area (Å²) in [7, 11) is 0. The van der Waals surface area contributed by atoms with Crippen molar-refractivity contribution in [3.63, 3.8) is 0 Å². The third-order valence-corrected chi connectivity index (χ3v) is 6.81. The predicted octanol–water partition coefficient (Wildman–Crippen LogP) is 4.81. The average molecular weight is 494 g/mol. The molecule has 1 aliphatic rings. The Hall–Kier alpha value is -2.23. The quantitative estimate of drug-likeness (QED) is 0.512. The number of hydrogen-bond donors (Lipinski definition) is 2. The van der Waals surface area contributed by atoms with Crippen LogP contribution in [0.1, 0.15) is 20.0 Å². The highest BCUT2D eigenvalue weighted by atomic mass is 35.5. The second kappa shape index (κ2) is 9.50. The standard InChI is InChI=1S/C21H17Cl2N3O3S2/c22-13-3-6-15-16(11-13)31-18(17(15)23)19(27)25-21(30)24-14-4-1-12(2-5-14)20(28)26-7-9-29-10-8-26/h1-6,11H,7-10H2,(H2,24,25,27,30). The van der Waals surface area contributed by atoms with Crippen LogP contribution < -0.4 is 10.6 Å². The fraction of sp³-hybridized carbons (Fsp3) is 0.190. The summed E-state index contributed by atoms with van der Waals surface area (Å²) in [5, 5.41) is 7.41. The minimum Gasteiger partial charge on any atom is -0.378 e. The molecule has 10 heteroatoms. The topological polar surface area (TPSA) is 70.7 Å². The summed E-state index contributed by atoms with van der Waals surface area (Å²) >= 11 is 18.9. The number of hydrogen-bond acceptors (Lipinski definition) is 5. The molecule has 3 aromatic rings. The van der Waals surface area contributed by atoms with Crippen LogP contribution in [0.15, 0.2) is 42.5 Å². The molecule has 2 aromatic carbocycles. The van der Waals surface area contributed by atoms with E-state index in [-0.39, 0.29) is 11.0 Å². The first-order chi connectivity index (χ1) is 14.9. The highest BCUT2D eigenvalue weighted by molar-refractivity contribution is 7.80. The van der Waals surface area contributed by atoms with E-state index >= 15 is 0 Å². The molecule has 1 fully saturated rings. The smallest absolute Gasteiger partial charge is 0.269 e. The van der Waals surface area contributed by atoms with Gasteiger partial charge >= 0.3 is 0 Å². The summed E-state index contributed by atoms with van der Waals surface area (Å²) in [6.45, 7) is 2.27. The lowest BCUT2D eigenvalue weighted by molar-refractivity contribution is 0.0303. The first-order valence-corrected chi connectivity index (χ1v) is 11.4. The number of benzene rings is 2. The highest BCUT2D eigenvalue weighted by Crippen LogP contribution is 2.36. The van der Waals surface area contributed by atoms with Crippen molar-refractivity contribution in [1.29, 1.82) is 0 Å². The van der Waals surface area contributed by atoms with Gasteiger partial charge in [0, 0.05) is 39.4 Å². The zero-order valence-corrected chi connectivity index (χ0v) is 19.3. The SMILES string of the molecule is O=C(NC(=S)Nc1ccc(C(=O)N2CCOCC2)cc1)c1sc2cc(Cl)ccc2c1Cl. The third-order valence-electron chi connectivity index (χ3n) is 4.71. The van der Waals surface area contributed by atoms with Crippen LogP contribution >= 0.6 is 46.8 Å². The molecule has 0 unspecified atom stereocenters. The van der Waals surface area contributed by atoms with Gasteiger partial charge in [0.25, 0.3) is 11.8 Å². The Morgan fingerprint density at radius 2 is 1.77 bits per heavy atom. The Kier molecular flexibility index (Phi) is 6.74. The first kappa shape index (κ1) is 22.0. The predicted molar refractivity (Wildman–Crippen MR) is 129 cm³/mol. The number of nitrogens with one attached hydrogen (secondary N) is 2. The summed E-state index contributed by atoms with van der Waals surface area (Å²) in [4.78, 5) is 27.3. The fourth-order valence-corrected chi connectivity index (χ4v) is 5.05. The molecule has 6 nitrogen and oxygen atoms in total. The van der Waals surface area contributed by atoms with Gasteiger partial charge in [0.1, 0.15) is 4.88 Å². The number of carbonyl (C=O) groups is 2. The molecular formula is C21H17Cl2N3O3S2. The molecule has 31 heavy (non-hydrogen) atoms. The van der Waals surface area contributed by atoms with Gasteiger partial charge in [0.15, 0.2) is 5.11 Å². The average Bonchev–Trinajstić information content (AvgIpc) is 3.10. The minimum absolute atomic E-state index is 0.0368. The Bertz CT molecular complexity index is 1160. The van der Waals surface area contributed by atoms with E-state index < -0.39 is 5.91 Å². The lowest BCUT2D eigenvalue weighted by Crippen LogP contribution is -2.40. The molecule has 0 bridgehead atoms. The van der Waals surface area contributed by atoms with E-state index in [1.54, 1.807) is 47.4 Å². The van der Waals surface area contributed by atoms with Crippen LogP contribution in [-0.4, -0.2) is 48.1 Å². The third kappa shape index (κ3) is 4.99. The number of halogens is 2. The summed E-state index contributed by atoms with van der Waals surface area (Å²) in [6, 6.07) is 12.2. The summed E-state index contributed by atoms with van der Waals surface area (Å²) in [5.41, 5.74) is 1.23. The number of fused-ring (bicyclic) bond motifs is 1. The number of rotatable bonds is 3. The van der Waals surface area contributed by atoms with Crippen LogP contribution in [0.25, 0.3) is 10.1 Å². The zero-order valence-electron chi connectivity index (χ0n) is 16.1. The Morgan fingerprint density at radius 3 is 2.48 bits per heavy atom. The van der Waals surface area contributed by atoms with Crippen molar-refractivity contribution in [3.8, 4) is 0 Å². The van der Waals surface area contributed by atoms with E-state index in [4.69, 9.17) is 40.2 Å². The van der Waals surface area contributed by atoms with Gasteiger partial charge in [-0.25, -0.2) is 0 Å². The largest absolute Gasteiger partial charge is 0.378 e. The number of nitrogens with zero attached hydrogens (tertiary/aromatic N) is 1. The molecule has 0 atom stereocenters. The molecular weight excluding hydrogens is 477 g/mol. The molecule has 0 saturated carbocycles. The maximum atomic E-state index is 12.6. The van der Waals surface area contributed by atoms with Crippen molar-refractivity contribution in [2.45, 2.75) is 0 Å². The molecule has 4 rings (SSSR count). The molecule has 1 aromatic heterocycles. The Morgan fingerprint density at radius 1 is 1.06 bits per heavy atom. The van der Waals surface area contributed by atoms with Gasteiger partial charge in [-0.2, -0.15) is 0 Å². The number of thiocarbonyl (C=S) groups is 1. The molecule has 1 saturated heterocycles. The zero-order chi connectivity index (χ0) is 22.0. The molecule has 0 spiro atoms. The lowest BCUT2D eigenvalue weighted by atomic mass is 10.1. The first-order valence-electron chi connectivity index (χ1n) is 9.39. The van der Waals surface area contributed by atoms with Crippen molar-refractivity contribution in [1.82, 2.24) is 10.2 Å². The van der Waals surface area contributed by atoms with E-state index in [9.17, 15) is 9.59 Å². The number of morpholine rings is 1. The van der Waals surface area contributed by atoms with Gasteiger partial charge in [-0.05, 0) is 48.6 Å². The van der Waals surface area contributed by atoms with Crippen molar-refractivity contribution < 1.29 is 14.3 Å². The van der Waals surface area contributed by atoms with Crippen LogP contribution in [-0.2, 0) is 4.74 Å².